The Morgan fingerprint density at radius 1 is 1.67 bits per heavy atom. The van der Waals surface area contributed by atoms with Gasteiger partial charge >= 0.3 is 0 Å². The second kappa shape index (κ2) is 5.81. The number of rotatable bonds is 5. The van der Waals surface area contributed by atoms with Gasteiger partial charge in [-0.25, -0.2) is 0 Å². The highest BCUT2D eigenvalue weighted by Gasteiger charge is 2.37. The Morgan fingerprint density at radius 3 is 2.78 bits per heavy atom. The number of carbonyl (C=O) groups excluding carboxylic acids is 1. The van der Waals surface area contributed by atoms with Crippen molar-refractivity contribution in [1.82, 2.24) is 0 Å². The summed E-state index contributed by atoms with van der Waals surface area (Å²) in [7, 11) is 0. The van der Waals surface area contributed by atoms with Crippen LogP contribution in [0.5, 0.6) is 0 Å². The molecule has 0 radical (unpaired) electrons. The summed E-state index contributed by atoms with van der Waals surface area (Å²) in [6, 6.07) is 0. The highest BCUT2D eigenvalue weighted by atomic mass is 16.3. The lowest BCUT2D eigenvalue weighted by Crippen LogP contribution is -2.41. The molecule has 0 spiro atoms. The highest BCUT2D eigenvalue weighted by Crippen LogP contribution is 2.33. The standard InChI is InChI=1S/C15H24O3/c1-10(2)13(16)7-8-15(4,18)12-6-5-11(3)9-14(12)17/h9,12-13,16,18H,1,5-8H2,2-4H3. The summed E-state index contributed by atoms with van der Waals surface area (Å²) >= 11 is 0. The van der Waals surface area contributed by atoms with Crippen molar-refractivity contribution < 1.29 is 15.0 Å². The molecule has 3 heteroatoms. The van der Waals surface area contributed by atoms with Crippen molar-refractivity contribution in [3.8, 4) is 0 Å². The van der Waals surface area contributed by atoms with Crippen molar-refractivity contribution in [2.75, 3.05) is 0 Å². The Bertz CT molecular complexity index is 366. The fourth-order valence-corrected chi connectivity index (χ4v) is 2.40. The summed E-state index contributed by atoms with van der Waals surface area (Å²) in [5.41, 5.74) is 0.718. The van der Waals surface area contributed by atoms with E-state index in [1.165, 1.54) is 0 Å². The third-order valence-electron chi connectivity index (χ3n) is 3.80. The van der Waals surface area contributed by atoms with E-state index < -0.39 is 11.7 Å². The summed E-state index contributed by atoms with van der Waals surface area (Å²) in [4.78, 5) is 11.9. The number of hydrogen-bond acceptors (Lipinski definition) is 3. The van der Waals surface area contributed by atoms with Crippen LogP contribution in [0.2, 0.25) is 0 Å². The van der Waals surface area contributed by atoms with Gasteiger partial charge in [0.25, 0.3) is 0 Å². The Kier molecular flexibility index (Phi) is 4.88. The minimum atomic E-state index is -1.05. The number of aliphatic hydroxyl groups is 2. The lowest BCUT2D eigenvalue weighted by Gasteiger charge is -2.34. The molecule has 0 aromatic carbocycles. The van der Waals surface area contributed by atoms with Crippen LogP contribution in [-0.4, -0.2) is 27.7 Å². The molecule has 0 aliphatic heterocycles. The Balaban J connectivity index is 2.64. The second-order valence-corrected chi connectivity index (χ2v) is 5.74. The van der Waals surface area contributed by atoms with Crippen LogP contribution in [0.4, 0.5) is 0 Å². The van der Waals surface area contributed by atoms with Crippen LogP contribution in [0, 0.1) is 5.92 Å². The van der Waals surface area contributed by atoms with Crippen LogP contribution in [0.15, 0.2) is 23.8 Å². The normalized spacial score (nSPS) is 25.3. The first-order chi connectivity index (χ1) is 8.24. The van der Waals surface area contributed by atoms with E-state index in [0.29, 0.717) is 24.8 Å². The monoisotopic (exact) mass is 252 g/mol. The molecule has 0 heterocycles. The van der Waals surface area contributed by atoms with Gasteiger partial charge < -0.3 is 10.2 Å². The number of carbonyl (C=O) groups is 1. The lowest BCUT2D eigenvalue weighted by atomic mass is 9.75. The van der Waals surface area contributed by atoms with Crippen molar-refractivity contribution in [3.05, 3.63) is 23.8 Å². The molecule has 0 fully saturated rings. The number of allylic oxidation sites excluding steroid dienone is 2. The lowest BCUT2D eigenvalue weighted by molar-refractivity contribution is -0.128. The maximum Gasteiger partial charge on any atom is 0.161 e. The van der Waals surface area contributed by atoms with Crippen molar-refractivity contribution in [3.63, 3.8) is 0 Å². The topological polar surface area (TPSA) is 57.5 Å². The first kappa shape index (κ1) is 15.1. The maximum atomic E-state index is 11.9. The van der Waals surface area contributed by atoms with E-state index in [1.54, 1.807) is 19.9 Å². The van der Waals surface area contributed by atoms with Gasteiger partial charge in [0, 0.05) is 0 Å². The van der Waals surface area contributed by atoms with E-state index in [2.05, 4.69) is 6.58 Å². The number of aliphatic hydroxyl groups excluding tert-OH is 1. The quantitative estimate of drug-likeness (QED) is 0.739. The first-order valence-electron chi connectivity index (χ1n) is 6.51. The zero-order chi connectivity index (χ0) is 13.9. The van der Waals surface area contributed by atoms with E-state index in [4.69, 9.17) is 0 Å². The van der Waals surface area contributed by atoms with E-state index in [-0.39, 0.29) is 11.7 Å². The zero-order valence-electron chi connectivity index (χ0n) is 11.6. The smallest absolute Gasteiger partial charge is 0.161 e. The predicted molar refractivity (Wildman–Crippen MR) is 72.2 cm³/mol. The molecular weight excluding hydrogens is 228 g/mol. The molecule has 0 aromatic rings. The molecule has 1 rings (SSSR count). The first-order valence-corrected chi connectivity index (χ1v) is 6.51. The Labute approximate surface area is 109 Å². The van der Waals surface area contributed by atoms with Crippen LogP contribution < -0.4 is 0 Å². The van der Waals surface area contributed by atoms with Gasteiger partial charge in [0.05, 0.1) is 17.6 Å². The van der Waals surface area contributed by atoms with Crippen molar-refractivity contribution in [2.45, 2.75) is 58.2 Å². The third-order valence-corrected chi connectivity index (χ3v) is 3.80. The van der Waals surface area contributed by atoms with Gasteiger partial charge in [0.15, 0.2) is 5.78 Å². The molecule has 1 aliphatic carbocycles. The van der Waals surface area contributed by atoms with E-state index in [0.717, 1.165) is 12.0 Å². The summed E-state index contributed by atoms with van der Waals surface area (Å²) in [5.74, 6) is -0.341. The Hall–Kier alpha value is -0.930. The molecule has 0 aromatic heterocycles. The second-order valence-electron chi connectivity index (χ2n) is 5.74. The molecule has 102 valence electrons. The van der Waals surface area contributed by atoms with Gasteiger partial charge in [-0.3, -0.25) is 4.79 Å². The van der Waals surface area contributed by atoms with Crippen LogP contribution in [0.25, 0.3) is 0 Å². The number of hydrogen-bond donors (Lipinski definition) is 2. The van der Waals surface area contributed by atoms with Crippen LogP contribution in [0.1, 0.15) is 46.5 Å². The van der Waals surface area contributed by atoms with Gasteiger partial charge in [-0.05, 0) is 52.5 Å². The maximum absolute atomic E-state index is 11.9. The minimum Gasteiger partial charge on any atom is -0.389 e. The van der Waals surface area contributed by atoms with Crippen LogP contribution in [0.3, 0.4) is 0 Å². The van der Waals surface area contributed by atoms with E-state index in [9.17, 15) is 15.0 Å². The van der Waals surface area contributed by atoms with Gasteiger partial charge in [-0.15, -0.1) is 0 Å². The van der Waals surface area contributed by atoms with Crippen molar-refractivity contribution >= 4 is 5.78 Å². The van der Waals surface area contributed by atoms with Crippen molar-refractivity contribution in [1.29, 1.82) is 0 Å². The fourth-order valence-electron chi connectivity index (χ4n) is 2.40. The summed E-state index contributed by atoms with van der Waals surface area (Å²) in [6.07, 6.45) is 3.43. The third kappa shape index (κ3) is 3.79. The summed E-state index contributed by atoms with van der Waals surface area (Å²) in [6.45, 7) is 9.07. The molecule has 18 heavy (non-hydrogen) atoms. The molecule has 0 saturated carbocycles. The van der Waals surface area contributed by atoms with Gasteiger partial charge in [-0.2, -0.15) is 0 Å². The van der Waals surface area contributed by atoms with Gasteiger partial charge in [0.1, 0.15) is 0 Å². The van der Waals surface area contributed by atoms with Gasteiger partial charge in [0.2, 0.25) is 0 Å². The van der Waals surface area contributed by atoms with Gasteiger partial charge in [-0.1, -0.05) is 17.7 Å². The van der Waals surface area contributed by atoms with Crippen LogP contribution in [-0.2, 0) is 4.79 Å². The summed E-state index contributed by atoms with van der Waals surface area (Å²) < 4.78 is 0. The minimum absolute atomic E-state index is 0.00793. The summed E-state index contributed by atoms with van der Waals surface area (Å²) in [5, 5.41) is 20.1. The molecule has 0 saturated heterocycles. The van der Waals surface area contributed by atoms with E-state index in [1.807, 2.05) is 6.92 Å². The molecule has 3 atom stereocenters. The molecule has 3 nitrogen and oxygen atoms in total. The predicted octanol–water partition coefficient (Wildman–Crippen LogP) is 2.38. The molecule has 0 bridgehead atoms. The molecule has 2 N–H and O–H groups in total. The highest BCUT2D eigenvalue weighted by molar-refractivity contribution is 5.94. The largest absolute Gasteiger partial charge is 0.389 e. The van der Waals surface area contributed by atoms with Crippen LogP contribution >= 0.6 is 0 Å². The van der Waals surface area contributed by atoms with E-state index >= 15 is 0 Å². The number of ketones is 1. The average Bonchev–Trinajstić information content (AvgIpc) is 2.25. The molecule has 3 unspecified atom stereocenters. The molecule has 1 aliphatic rings. The SMILES string of the molecule is C=C(C)C(O)CCC(C)(O)C1CCC(C)=CC1=O. The molecule has 0 amide bonds. The molecular formula is C15H24O3. The Morgan fingerprint density at radius 2 is 2.28 bits per heavy atom. The van der Waals surface area contributed by atoms with Crippen molar-refractivity contribution in [2.24, 2.45) is 5.92 Å². The average molecular weight is 252 g/mol. The zero-order valence-corrected chi connectivity index (χ0v) is 11.6. The fraction of sp³-hybridized carbons (Fsp3) is 0.667.